The van der Waals surface area contributed by atoms with E-state index in [2.05, 4.69) is 22.3 Å². The number of rotatable bonds is 6. The van der Waals surface area contributed by atoms with E-state index in [1.165, 1.54) is 24.8 Å². The Labute approximate surface area is 156 Å². The molecule has 3 fully saturated rings. The first-order chi connectivity index (χ1) is 12.7. The van der Waals surface area contributed by atoms with Crippen LogP contribution in [0, 0.1) is 11.8 Å². The third kappa shape index (κ3) is 4.38. The van der Waals surface area contributed by atoms with Crippen molar-refractivity contribution in [1.29, 1.82) is 0 Å². The van der Waals surface area contributed by atoms with Crippen molar-refractivity contribution in [3.05, 3.63) is 29.8 Å². The summed E-state index contributed by atoms with van der Waals surface area (Å²) in [6.45, 7) is 3.64. The van der Waals surface area contributed by atoms with Crippen LogP contribution in [0.1, 0.15) is 37.7 Å². The Balaban J connectivity index is 1.40. The Morgan fingerprint density at radius 2 is 2.04 bits per heavy atom. The van der Waals surface area contributed by atoms with Gasteiger partial charge in [0.2, 0.25) is 5.91 Å². The zero-order chi connectivity index (χ0) is 17.9. The predicted molar refractivity (Wildman–Crippen MR) is 100 cm³/mol. The fourth-order valence-electron chi connectivity index (χ4n) is 4.39. The zero-order valence-electron chi connectivity index (χ0n) is 15.7. The van der Waals surface area contributed by atoms with Crippen LogP contribution in [0.15, 0.2) is 24.3 Å². The number of benzene rings is 1. The van der Waals surface area contributed by atoms with Gasteiger partial charge in [-0.1, -0.05) is 12.1 Å². The van der Waals surface area contributed by atoms with Crippen molar-refractivity contribution in [2.24, 2.45) is 11.8 Å². The van der Waals surface area contributed by atoms with Gasteiger partial charge in [-0.25, -0.2) is 0 Å². The lowest BCUT2D eigenvalue weighted by Crippen LogP contribution is -2.60. The highest BCUT2D eigenvalue weighted by Crippen LogP contribution is 2.33. The molecule has 142 valence electrons. The van der Waals surface area contributed by atoms with Crippen LogP contribution in [-0.2, 0) is 16.1 Å². The van der Waals surface area contributed by atoms with Gasteiger partial charge < -0.3 is 14.8 Å². The van der Waals surface area contributed by atoms with Gasteiger partial charge in [-0.15, -0.1) is 0 Å². The molecule has 1 amide bonds. The van der Waals surface area contributed by atoms with Crippen LogP contribution in [0.4, 0.5) is 0 Å². The summed E-state index contributed by atoms with van der Waals surface area (Å²) >= 11 is 0. The lowest BCUT2D eigenvalue weighted by Gasteiger charge is -2.46. The van der Waals surface area contributed by atoms with Crippen molar-refractivity contribution in [3.8, 4) is 5.75 Å². The molecule has 26 heavy (non-hydrogen) atoms. The minimum absolute atomic E-state index is 0.110. The van der Waals surface area contributed by atoms with E-state index in [0.29, 0.717) is 18.3 Å². The van der Waals surface area contributed by atoms with Crippen molar-refractivity contribution in [3.63, 3.8) is 0 Å². The van der Waals surface area contributed by atoms with Crippen LogP contribution >= 0.6 is 0 Å². The molecule has 0 spiro atoms. The number of nitrogens with zero attached hydrogens (tertiary/aromatic N) is 1. The number of nitrogens with one attached hydrogen (secondary N) is 1. The molecule has 1 N–H and O–H groups in total. The molecule has 1 aliphatic carbocycles. The van der Waals surface area contributed by atoms with Crippen molar-refractivity contribution < 1.29 is 14.3 Å². The van der Waals surface area contributed by atoms with E-state index in [0.717, 1.165) is 38.4 Å². The molecule has 0 unspecified atom stereocenters. The predicted octanol–water partition coefficient (Wildman–Crippen LogP) is 2.59. The molecule has 5 heteroatoms. The third-order valence-corrected chi connectivity index (χ3v) is 5.92. The summed E-state index contributed by atoms with van der Waals surface area (Å²) in [5, 5.41) is 3.30. The average Bonchev–Trinajstić information content (AvgIpc) is 3.46. The van der Waals surface area contributed by atoms with Crippen LogP contribution in [0.3, 0.4) is 0 Å². The number of carbonyl (C=O) groups excluding carboxylic acids is 1. The monoisotopic (exact) mass is 358 g/mol. The molecule has 1 saturated carbocycles. The summed E-state index contributed by atoms with van der Waals surface area (Å²) < 4.78 is 11.3. The number of amides is 1. The summed E-state index contributed by atoms with van der Waals surface area (Å²) in [5.74, 6) is 2.23. The van der Waals surface area contributed by atoms with Crippen LogP contribution < -0.4 is 10.1 Å². The van der Waals surface area contributed by atoms with Gasteiger partial charge in [0, 0.05) is 32.7 Å². The summed E-state index contributed by atoms with van der Waals surface area (Å²) in [6.07, 6.45) is 5.61. The van der Waals surface area contributed by atoms with Gasteiger partial charge in [0.1, 0.15) is 5.75 Å². The first-order valence-electron chi connectivity index (χ1n) is 9.97. The number of hydrogen-bond donors (Lipinski definition) is 1. The number of likely N-dealkylation sites (tertiary alicyclic amines) is 1. The molecular formula is C21H30N2O3. The fraction of sp³-hybridized carbons (Fsp3) is 0.667. The third-order valence-electron chi connectivity index (χ3n) is 5.92. The number of carbonyl (C=O) groups is 1. The second kappa shape index (κ2) is 7.97. The van der Waals surface area contributed by atoms with Crippen LogP contribution in [0.2, 0.25) is 0 Å². The number of ether oxygens (including phenoxy) is 2. The van der Waals surface area contributed by atoms with E-state index in [9.17, 15) is 4.79 Å². The van der Waals surface area contributed by atoms with E-state index in [-0.39, 0.29) is 18.1 Å². The SMILES string of the molecule is COc1ccc(CN2C[C@@H]3CCCO[C@@H]3[C@H](NC(=O)CC3CC3)C2)cc1. The van der Waals surface area contributed by atoms with Gasteiger partial charge in [0.15, 0.2) is 0 Å². The number of methoxy groups -OCH3 is 1. The molecule has 1 aromatic carbocycles. The maximum atomic E-state index is 12.4. The van der Waals surface area contributed by atoms with Crippen molar-refractivity contribution in [2.75, 3.05) is 26.8 Å². The lowest BCUT2D eigenvalue weighted by atomic mass is 9.85. The highest BCUT2D eigenvalue weighted by molar-refractivity contribution is 5.77. The Morgan fingerprint density at radius 1 is 1.23 bits per heavy atom. The van der Waals surface area contributed by atoms with Crippen molar-refractivity contribution in [2.45, 2.75) is 50.8 Å². The first kappa shape index (κ1) is 17.8. The highest BCUT2D eigenvalue weighted by Gasteiger charge is 2.40. The smallest absolute Gasteiger partial charge is 0.220 e. The second-order valence-corrected chi connectivity index (χ2v) is 8.10. The van der Waals surface area contributed by atoms with E-state index < -0.39 is 0 Å². The molecule has 1 aromatic rings. The van der Waals surface area contributed by atoms with Crippen LogP contribution in [0.25, 0.3) is 0 Å². The number of fused-ring (bicyclic) bond motifs is 1. The Kier molecular flexibility index (Phi) is 5.46. The standard InChI is InChI=1S/C21H30N2O3/c1-25-18-8-6-16(7-9-18)12-23-13-17-3-2-10-26-21(17)19(14-23)22-20(24)11-15-4-5-15/h6-9,15,17,19,21H,2-5,10-14H2,1H3,(H,22,24)/t17-,19+,21-/m0/s1. The number of hydrogen-bond acceptors (Lipinski definition) is 4. The van der Waals surface area contributed by atoms with Gasteiger partial charge in [0.05, 0.1) is 19.3 Å². The summed E-state index contributed by atoms with van der Waals surface area (Å²) in [4.78, 5) is 14.8. The quantitative estimate of drug-likeness (QED) is 0.849. The minimum Gasteiger partial charge on any atom is -0.497 e. The largest absolute Gasteiger partial charge is 0.497 e. The van der Waals surface area contributed by atoms with E-state index >= 15 is 0 Å². The molecule has 3 aliphatic rings. The zero-order valence-corrected chi connectivity index (χ0v) is 15.7. The molecule has 4 rings (SSSR count). The Morgan fingerprint density at radius 3 is 2.77 bits per heavy atom. The molecule has 3 atom stereocenters. The maximum Gasteiger partial charge on any atom is 0.220 e. The Bertz CT molecular complexity index is 614. The molecule has 0 bridgehead atoms. The first-order valence-corrected chi connectivity index (χ1v) is 9.97. The highest BCUT2D eigenvalue weighted by atomic mass is 16.5. The number of piperidine rings is 1. The van der Waals surface area contributed by atoms with Gasteiger partial charge in [-0.2, -0.15) is 0 Å². The van der Waals surface area contributed by atoms with Gasteiger partial charge in [-0.3, -0.25) is 9.69 Å². The maximum absolute atomic E-state index is 12.4. The topological polar surface area (TPSA) is 50.8 Å². The van der Waals surface area contributed by atoms with Gasteiger partial charge in [0.25, 0.3) is 0 Å². The minimum atomic E-state index is 0.110. The molecule has 0 aromatic heterocycles. The van der Waals surface area contributed by atoms with Crippen molar-refractivity contribution >= 4 is 5.91 Å². The van der Waals surface area contributed by atoms with E-state index in [1.54, 1.807) is 7.11 Å². The average molecular weight is 358 g/mol. The second-order valence-electron chi connectivity index (χ2n) is 8.10. The van der Waals surface area contributed by atoms with E-state index in [4.69, 9.17) is 9.47 Å². The summed E-state index contributed by atoms with van der Waals surface area (Å²) in [6, 6.07) is 8.39. The van der Waals surface area contributed by atoms with Crippen LogP contribution in [-0.4, -0.2) is 49.8 Å². The molecule has 2 aliphatic heterocycles. The fourth-order valence-corrected chi connectivity index (χ4v) is 4.39. The van der Waals surface area contributed by atoms with Gasteiger partial charge in [-0.05, 0) is 55.2 Å². The molecule has 2 heterocycles. The normalized spacial score (nSPS) is 29.0. The molecule has 2 saturated heterocycles. The molecule has 0 radical (unpaired) electrons. The molecular weight excluding hydrogens is 328 g/mol. The van der Waals surface area contributed by atoms with Crippen molar-refractivity contribution in [1.82, 2.24) is 10.2 Å². The summed E-state index contributed by atoms with van der Waals surface area (Å²) in [5.41, 5.74) is 1.28. The molecule has 5 nitrogen and oxygen atoms in total. The lowest BCUT2D eigenvalue weighted by molar-refractivity contribution is -0.128. The Hall–Kier alpha value is -1.59. The summed E-state index contributed by atoms with van der Waals surface area (Å²) in [7, 11) is 1.69. The van der Waals surface area contributed by atoms with Gasteiger partial charge >= 0.3 is 0 Å². The van der Waals surface area contributed by atoms with E-state index in [1.807, 2.05) is 12.1 Å². The van der Waals surface area contributed by atoms with Crippen LogP contribution in [0.5, 0.6) is 5.75 Å².